The number of carbonyl (C=O) groups excluding carboxylic acids is 3. The Morgan fingerprint density at radius 1 is 0.963 bits per heavy atom. The molecule has 0 saturated heterocycles. The summed E-state index contributed by atoms with van der Waals surface area (Å²) in [4.78, 5) is 45.7. The van der Waals surface area contributed by atoms with E-state index in [9.17, 15) is 31.9 Å². The molecule has 4 aromatic rings. The van der Waals surface area contributed by atoms with E-state index in [1.165, 1.54) is 24.3 Å². The van der Waals surface area contributed by atoms with Crippen molar-refractivity contribution in [2.24, 2.45) is 11.8 Å². The number of rotatable bonds is 15. The molecular formula is C40H47F4N5O4S. The van der Waals surface area contributed by atoms with E-state index in [2.05, 4.69) is 26.3 Å². The molecule has 0 aliphatic heterocycles. The second-order valence-electron chi connectivity index (χ2n) is 14.2. The summed E-state index contributed by atoms with van der Waals surface area (Å²) < 4.78 is 62.0. The number of fused-ring (bicyclic) bond motifs is 3. The van der Waals surface area contributed by atoms with Crippen LogP contribution in [0.1, 0.15) is 75.1 Å². The summed E-state index contributed by atoms with van der Waals surface area (Å²) in [6, 6.07) is 11.6. The van der Waals surface area contributed by atoms with Gasteiger partial charge in [-0.3, -0.25) is 14.4 Å². The second-order valence-corrected chi connectivity index (χ2v) is 14.7. The highest BCUT2D eigenvalue weighted by molar-refractivity contribution is 7.80. The summed E-state index contributed by atoms with van der Waals surface area (Å²) in [6.45, 7) is 7.98. The highest BCUT2D eigenvalue weighted by Gasteiger charge is 2.47. The number of furan rings is 1. The first-order chi connectivity index (χ1) is 25.7. The van der Waals surface area contributed by atoms with Crippen molar-refractivity contribution < 1.29 is 36.4 Å². The number of aromatic amines is 1. The van der Waals surface area contributed by atoms with Crippen LogP contribution in [-0.2, 0) is 46.2 Å². The van der Waals surface area contributed by atoms with Crippen LogP contribution in [0.5, 0.6) is 0 Å². The quantitative estimate of drug-likeness (QED) is 0.0675. The number of nitrogens with one attached hydrogen (secondary N) is 5. The highest BCUT2D eigenvalue weighted by atomic mass is 32.1. The first-order valence-corrected chi connectivity index (χ1v) is 18.7. The van der Waals surface area contributed by atoms with Crippen LogP contribution >= 0.6 is 12.2 Å². The van der Waals surface area contributed by atoms with E-state index in [0.29, 0.717) is 47.4 Å². The van der Waals surface area contributed by atoms with Gasteiger partial charge in [0.25, 0.3) is 0 Å². The Morgan fingerprint density at radius 2 is 1.69 bits per heavy atom. The molecule has 2 unspecified atom stereocenters. The lowest BCUT2D eigenvalue weighted by atomic mass is 9.78. The molecule has 5 rings (SSSR count). The molecule has 290 valence electrons. The van der Waals surface area contributed by atoms with Gasteiger partial charge in [0.2, 0.25) is 17.7 Å². The molecule has 5 N–H and O–H groups in total. The number of H-pyrrole nitrogens is 1. The minimum absolute atomic E-state index is 0.0497. The number of carbonyl (C=O) groups is 3. The predicted octanol–water partition coefficient (Wildman–Crippen LogP) is 6.73. The minimum Gasteiger partial charge on any atom is -0.469 e. The summed E-state index contributed by atoms with van der Waals surface area (Å²) >= 11 is 5.79. The van der Waals surface area contributed by atoms with Crippen molar-refractivity contribution in [3.63, 3.8) is 0 Å². The predicted molar refractivity (Wildman–Crippen MR) is 202 cm³/mol. The Hall–Kier alpha value is -4.72. The van der Waals surface area contributed by atoms with Crippen molar-refractivity contribution in [1.29, 1.82) is 0 Å². The Morgan fingerprint density at radius 3 is 2.35 bits per heavy atom. The molecule has 14 heteroatoms. The van der Waals surface area contributed by atoms with Crippen LogP contribution in [-0.4, -0.2) is 51.9 Å². The summed E-state index contributed by atoms with van der Waals surface area (Å²) in [5.74, 6) is -2.08. The lowest BCUT2D eigenvalue weighted by Gasteiger charge is -2.40. The zero-order valence-corrected chi connectivity index (χ0v) is 31.6. The van der Waals surface area contributed by atoms with E-state index in [0.717, 1.165) is 11.8 Å². The minimum atomic E-state index is -4.62. The van der Waals surface area contributed by atoms with Crippen LogP contribution < -0.4 is 21.3 Å². The number of hydrogen-bond acceptors (Lipinski definition) is 5. The normalized spacial score (nSPS) is 17.9. The van der Waals surface area contributed by atoms with Gasteiger partial charge in [0.1, 0.15) is 23.2 Å². The van der Waals surface area contributed by atoms with Gasteiger partial charge in [-0.15, -0.1) is 0 Å². The number of para-hydroxylation sites is 1. The Kier molecular flexibility index (Phi) is 12.9. The van der Waals surface area contributed by atoms with E-state index in [1.54, 1.807) is 31.4 Å². The molecule has 1 aliphatic carbocycles. The fourth-order valence-corrected chi connectivity index (χ4v) is 7.37. The van der Waals surface area contributed by atoms with Gasteiger partial charge >= 0.3 is 6.18 Å². The number of hydrogen-bond donors (Lipinski definition) is 5. The van der Waals surface area contributed by atoms with Gasteiger partial charge in [-0.05, 0) is 60.1 Å². The third-order valence-electron chi connectivity index (χ3n) is 10.6. The van der Waals surface area contributed by atoms with Gasteiger partial charge in [0.05, 0.1) is 34.8 Å². The van der Waals surface area contributed by atoms with Crippen LogP contribution in [0.2, 0.25) is 0 Å². The fraction of sp³-hybridized carbons (Fsp3) is 0.450. The van der Waals surface area contributed by atoms with Crippen molar-refractivity contribution in [3.8, 4) is 0 Å². The number of thiocarbonyl (C=S) groups is 1. The van der Waals surface area contributed by atoms with Crippen LogP contribution in [0.4, 0.5) is 17.6 Å². The van der Waals surface area contributed by atoms with Crippen molar-refractivity contribution in [2.45, 2.75) is 96.4 Å². The summed E-state index contributed by atoms with van der Waals surface area (Å²) in [5.41, 5.74) is -1.35. The van der Waals surface area contributed by atoms with Crippen molar-refractivity contribution in [3.05, 3.63) is 94.8 Å². The highest BCUT2D eigenvalue weighted by Crippen LogP contribution is 2.40. The average Bonchev–Trinajstić information content (AvgIpc) is 3.80. The van der Waals surface area contributed by atoms with E-state index in [4.69, 9.17) is 16.6 Å². The number of benzene rings is 2. The molecule has 1 aliphatic rings. The Labute approximate surface area is 317 Å². The molecule has 5 atom stereocenters. The van der Waals surface area contributed by atoms with Crippen LogP contribution in [0.15, 0.2) is 65.3 Å². The monoisotopic (exact) mass is 769 g/mol. The molecular weight excluding hydrogens is 723 g/mol. The molecule has 2 heterocycles. The third-order valence-corrected chi connectivity index (χ3v) is 11.0. The molecule has 9 nitrogen and oxygen atoms in total. The van der Waals surface area contributed by atoms with Gasteiger partial charge < -0.3 is 30.7 Å². The fourth-order valence-electron chi connectivity index (χ4n) is 6.97. The van der Waals surface area contributed by atoms with Gasteiger partial charge in [-0.25, -0.2) is 4.39 Å². The van der Waals surface area contributed by atoms with E-state index >= 15 is 0 Å². The zero-order valence-electron chi connectivity index (χ0n) is 30.8. The van der Waals surface area contributed by atoms with Crippen LogP contribution in [0, 0.1) is 17.7 Å². The molecule has 0 radical (unpaired) electrons. The van der Waals surface area contributed by atoms with E-state index in [1.807, 2.05) is 26.8 Å². The number of alkyl halides is 3. The van der Waals surface area contributed by atoms with Crippen molar-refractivity contribution in [2.75, 3.05) is 6.54 Å². The number of halogens is 4. The Bertz CT molecular complexity index is 1960. The lowest BCUT2D eigenvalue weighted by molar-refractivity contribution is -0.137. The molecule has 0 spiro atoms. The molecule has 0 bridgehead atoms. The maximum Gasteiger partial charge on any atom is 0.418 e. The van der Waals surface area contributed by atoms with Gasteiger partial charge in [-0.1, -0.05) is 83.1 Å². The SMILES string of the molecule is CCC(C)[C@H](NC(=O)Cc1ccccc1F)C(=O)N[C@]1(C(=O)N[C@H](C(=S)NCCc2ccco2)C(C)CC)CCc2[nH]c3c(C(F)(F)F)cccc3c2C1. The standard InChI is InChI=1S/C40H47F4N5O4S/c1-5-23(3)33(47-32(50)21-25-11-7-8-15-30(25)41)36(51)49-39(18-16-31-28(22-39)27-13-9-14-29(35(27)46-31)40(42,43)44)38(52)48-34(24(4)6-2)37(54)45-19-17-26-12-10-20-53-26/h7-15,20,23-24,33-34,46H,5-6,16-19,21-22H2,1-4H3,(H,45,54)(H,47,50)(H,48,52)(H,49,51)/t23?,24?,33-,34-,39+/m0/s1. The topological polar surface area (TPSA) is 128 Å². The number of aryl methyl sites for hydroxylation is 1. The van der Waals surface area contributed by atoms with Crippen LogP contribution in [0.25, 0.3) is 10.9 Å². The van der Waals surface area contributed by atoms with Gasteiger partial charge in [0.15, 0.2) is 0 Å². The Balaban J connectivity index is 1.47. The largest absolute Gasteiger partial charge is 0.469 e. The van der Waals surface area contributed by atoms with Crippen molar-refractivity contribution >= 4 is 45.8 Å². The van der Waals surface area contributed by atoms with Crippen molar-refractivity contribution in [1.82, 2.24) is 26.3 Å². The maximum atomic E-state index is 14.8. The second kappa shape index (κ2) is 17.2. The molecule has 54 heavy (non-hydrogen) atoms. The van der Waals surface area contributed by atoms with Gasteiger partial charge in [0, 0.05) is 30.5 Å². The summed E-state index contributed by atoms with van der Waals surface area (Å²) in [6.07, 6.45) is -1.57. The average molecular weight is 770 g/mol. The van der Waals surface area contributed by atoms with E-state index in [-0.39, 0.29) is 42.7 Å². The smallest absolute Gasteiger partial charge is 0.418 e. The molecule has 3 amide bonds. The number of amides is 3. The maximum absolute atomic E-state index is 14.8. The van der Waals surface area contributed by atoms with Crippen LogP contribution in [0.3, 0.4) is 0 Å². The lowest BCUT2D eigenvalue weighted by Crippen LogP contribution is -2.67. The summed E-state index contributed by atoms with van der Waals surface area (Å²) in [5, 5.41) is 12.4. The zero-order chi connectivity index (χ0) is 39.2. The molecule has 2 aromatic heterocycles. The first-order valence-electron chi connectivity index (χ1n) is 18.3. The van der Waals surface area contributed by atoms with Gasteiger partial charge in [-0.2, -0.15) is 13.2 Å². The molecule has 0 fully saturated rings. The molecule has 2 aromatic carbocycles. The summed E-state index contributed by atoms with van der Waals surface area (Å²) in [7, 11) is 0. The number of aromatic nitrogens is 1. The van der Waals surface area contributed by atoms with E-state index < -0.39 is 58.8 Å². The molecule has 0 saturated carbocycles. The first kappa shape index (κ1) is 40.5. The third kappa shape index (κ3) is 9.14.